The minimum atomic E-state index is -0.149. The Morgan fingerprint density at radius 3 is 2.48 bits per heavy atom. The number of hydrogen-bond donors (Lipinski definition) is 2. The topological polar surface area (TPSA) is 88.9 Å². The number of amides is 2. The third-order valence-corrected chi connectivity index (χ3v) is 5.14. The molecule has 0 aliphatic carbocycles. The van der Waals surface area contributed by atoms with Crippen molar-refractivity contribution >= 4 is 46.6 Å². The van der Waals surface area contributed by atoms with E-state index >= 15 is 0 Å². The van der Waals surface area contributed by atoms with Gasteiger partial charge in [-0.15, -0.1) is 10.2 Å². The summed E-state index contributed by atoms with van der Waals surface area (Å²) in [4.78, 5) is 23.4. The van der Waals surface area contributed by atoms with Crippen molar-refractivity contribution in [1.29, 1.82) is 0 Å². The molecule has 0 atom stereocenters. The van der Waals surface area contributed by atoms with E-state index in [2.05, 4.69) is 20.8 Å². The van der Waals surface area contributed by atoms with Gasteiger partial charge in [-0.05, 0) is 49.4 Å². The van der Waals surface area contributed by atoms with Crippen molar-refractivity contribution in [3.8, 4) is 11.4 Å². The summed E-state index contributed by atoms with van der Waals surface area (Å²) in [5.74, 6) is 0.638. The molecule has 0 fully saturated rings. The number of rotatable bonds is 7. The zero-order valence-electron chi connectivity index (χ0n) is 16.0. The van der Waals surface area contributed by atoms with Crippen LogP contribution >= 0.6 is 23.4 Å². The van der Waals surface area contributed by atoms with Crippen LogP contribution in [0.5, 0.6) is 0 Å². The molecule has 9 heteroatoms. The highest BCUT2D eigenvalue weighted by Crippen LogP contribution is 2.25. The minimum Gasteiger partial charge on any atom is -0.326 e. The molecule has 1 heterocycles. The summed E-state index contributed by atoms with van der Waals surface area (Å²) in [6.45, 7) is 4.12. The van der Waals surface area contributed by atoms with Crippen LogP contribution in [-0.2, 0) is 16.1 Å². The molecule has 0 saturated carbocycles. The smallest absolute Gasteiger partial charge is 0.234 e. The lowest BCUT2D eigenvalue weighted by Crippen LogP contribution is -2.14. The van der Waals surface area contributed by atoms with E-state index in [-0.39, 0.29) is 17.6 Å². The van der Waals surface area contributed by atoms with Crippen LogP contribution in [0.4, 0.5) is 11.4 Å². The third kappa shape index (κ3) is 5.58. The quantitative estimate of drug-likeness (QED) is 0.546. The molecule has 3 rings (SSSR count). The molecule has 29 heavy (non-hydrogen) atoms. The van der Waals surface area contributed by atoms with Crippen LogP contribution in [0.25, 0.3) is 11.4 Å². The van der Waals surface area contributed by atoms with Gasteiger partial charge in [0.05, 0.1) is 5.75 Å². The van der Waals surface area contributed by atoms with Gasteiger partial charge in [-0.3, -0.25) is 9.59 Å². The van der Waals surface area contributed by atoms with Crippen molar-refractivity contribution < 1.29 is 9.59 Å². The summed E-state index contributed by atoms with van der Waals surface area (Å²) in [6, 6.07) is 14.4. The third-order valence-electron chi connectivity index (χ3n) is 3.94. The Balaban J connectivity index is 1.67. The molecular weight excluding hydrogens is 410 g/mol. The molecule has 0 saturated heterocycles. The lowest BCUT2D eigenvalue weighted by Gasteiger charge is -2.09. The fraction of sp³-hybridized carbons (Fsp3) is 0.200. The zero-order chi connectivity index (χ0) is 20.8. The van der Waals surface area contributed by atoms with Gasteiger partial charge in [-0.25, -0.2) is 0 Å². The van der Waals surface area contributed by atoms with Gasteiger partial charge in [0.2, 0.25) is 11.8 Å². The molecule has 7 nitrogen and oxygen atoms in total. The molecule has 0 aliphatic rings. The fourth-order valence-electron chi connectivity index (χ4n) is 2.69. The van der Waals surface area contributed by atoms with Crippen molar-refractivity contribution in [3.63, 3.8) is 0 Å². The number of aromatic nitrogens is 3. The first-order valence-electron chi connectivity index (χ1n) is 8.95. The summed E-state index contributed by atoms with van der Waals surface area (Å²) in [5, 5.41) is 15.3. The molecule has 2 N–H and O–H groups in total. The number of anilines is 2. The van der Waals surface area contributed by atoms with Gasteiger partial charge in [0.15, 0.2) is 11.0 Å². The predicted octanol–water partition coefficient (Wildman–Crippen LogP) is 4.31. The first-order valence-corrected chi connectivity index (χ1v) is 10.3. The van der Waals surface area contributed by atoms with E-state index < -0.39 is 0 Å². The van der Waals surface area contributed by atoms with Gasteiger partial charge in [0, 0.05) is 35.4 Å². The van der Waals surface area contributed by atoms with Gasteiger partial charge < -0.3 is 15.2 Å². The molecule has 150 valence electrons. The molecule has 2 amide bonds. The van der Waals surface area contributed by atoms with E-state index in [4.69, 9.17) is 11.6 Å². The maximum atomic E-state index is 12.2. The average Bonchev–Trinajstić information content (AvgIpc) is 3.09. The van der Waals surface area contributed by atoms with Gasteiger partial charge in [-0.2, -0.15) is 0 Å². The second kappa shape index (κ2) is 9.58. The highest BCUT2D eigenvalue weighted by atomic mass is 35.5. The molecule has 3 aromatic rings. The van der Waals surface area contributed by atoms with E-state index in [1.54, 1.807) is 24.3 Å². The Morgan fingerprint density at radius 1 is 1.07 bits per heavy atom. The summed E-state index contributed by atoms with van der Waals surface area (Å²) >= 11 is 7.26. The van der Waals surface area contributed by atoms with Crippen LogP contribution in [0, 0.1) is 0 Å². The number of carbonyl (C=O) groups is 2. The van der Waals surface area contributed by atoms with Gasteiger partial charge in [-0.1, -0.05) is 29.4 Å². The van der Waals surface area contributed by atoms with Crippen molar-refractivity contribution in [2.75, 3.05) is 16.4 Å². The van der Waals surface area contributed by atoms with Crippen molar-refractivity contribution in [2.24, 2.45) is 0 Å². The number of thioether (sulfide) groups is 1. The molecule has 0 bridgehead atoms. The summed E-state index contributed by atoms with van der Waals surface area (Å²) in [6.07, 6.45) is 0. The fourth-order valence-corrected chi connectivity index (χ4v) is 3.69. The first-order chi connectivity index (χ1) is 14.0. The van der Waals surface area contributed by atoms with Crippen molar-refractivity contribution in [1.82, 2.24) is 14.8 Å². The first kappa shape index (κ1) is 20.9. The van der Waals surface area contributed by atoms with Crippen LogP contribution in [-0.4, -0.2) is 32.3 Å². The number of halogens is 1. The average molecular weight is 430 g/mol. The molecule has 0 unspecified atom stereocenters. The highest BCUT2D eigenvalue weighted by molar-refractivity contribution is 7.99. The minimum absolute atomic E-state index is 0.121. The summed E-state index contributed by atoms with van der Waals surface area (Å²) < 4.78 is 1.95. The molecule has 0 spiro atoms. The lowest BCUT2D eigenvalue weighted by atomic mass is 10.2. The molecular formula is C20H20ClN5O2S. The number of benzene rings is 2. The monoisotopic (exact) mass is 429 g/mol. The number of nitrogens with one attached hydrogen (secondary N) is 2. The predicted molar refractivity (Wildman–Crippen MR) is 116 cm³/mol. The summed E-state index contributed by atoms with van der Waals surface area (Å²) in [7, 11) is 0. The Morgan fingerprint density at radius 2 is 1.83 bits per heavy atom. The Hall–Kier alpha value is -2.84. The van der Waals surface area contributed by atoms with E-state index in [0.29, 0.717) is 28.2 Å². The van der Waals surface area contributed by atoms with E-state index in [9.17, 15) is 9.59 Å². The standard InChI is InChI=1S/C20H20ClN5O2S/c1-3-26-19(14-7-9-16(10-8-14)22-13(2)27)24-25-20(26)29-12-18(28)23-17-6-4-5-15(21)11-17/h4-11H,3,12H2,1-2H3,(H,22,27)(H,23,28). The second-order valence-electron chi connectivity index (χ2n) is 6.16. The SMILES string of the molecule is CCn1c(SCC(=O)Nc2cccc(Cl)c2)nnc1-c1ccc(NC(C)=O)cc1. The Labute approximate surface area is 177 Å². The molecule has 0 aliphatic heterocycles. The van der Waals surface area contributed by atoms with Crippen molar-refractivity contribution in [3.05, 3.63) is 53.6 Å². The normalized spacial score (nSPS) is 10.6. The molecule has 2 aromatic carbocycles. The van der Waals surface area contributed by atoms with Crippen LogP contribution in [0.15, 0.2) is 53.7 Å². The van der Waals surface area contributed by atoms with E-state index in [1.807, 2.05) is 35.8 Å². The second-order valence-corrected chi connectivity index (χ2v) is 7.54. The Kier molecular flexibility index (Phi) is 6.90. The zero-order valence-corrected chi connectivity index (χ0v) is 17.5. The van der Waals surface area contributed by atoms with E-state index in [0.717, 1.165) is 11.3 Å². The molecule has 1 aromatic heterocycles. The molecule has 0 radical (unpaired) electrons. The van der Waals surface area contributed by atoms with Gasteiger partial charge >= 0.3 is 0 Å². The van der Waals surface area contributed by atoms with Crippen LogP contribution in [0.1, 0.15) is 13.8 Å². The number of nitrogens with zero attached hydrogens (tertiary/aromatic N) is 3. The van der Waals surface area contributed by atoms with Gasteiger partial charge in [0.25, 0.3) is 0 Å². The summed E-state index contributed by atoms with van der Waals surface area (Å²) in [5.41, 5.74) is 2.25. The number of carbonyl (C=O) groups excluding carboxylic acids is 2. The maximum absolute atomic E-state index is 12.2. The maximum Gasteiger partial charge on any atom is 0.234 e. The van der Waals surface area contributed by atoms with Crippen molar-refractivity contribution in [2.45, 2.75) is 25.5 Å². The van der Waals surface area contributed by atoms with Crippen LogP contribution in [0.3, 0.4) is 0 Å². The van der Waals surface area contributed by atoms with Crippen LogP contribution < -0.4 is 10.6 Å². The lowest BCUT2D eigenvalue weighted by molar-refractivity contribution is -0.114. The largest absolute Gasteiger partial charge is 0.326 e. The van der Waals surface area contributed by atoms with E-state index in [1.165, 1.54) is 18.7 Å². The van der Waals surface area contributed by atoms with Crippen LogP contribution in [0.2, 0.25) is 5.02 Å². The Bertz CT molecular complexity index is 1020. The highest BCUT2D eigenvalue weighted by Gasteiger charge is 2.15. The van der Waals surface area contributed by atoms with Gasteiger partial charge in [0.1, 0.15) is 0 Å². The number of hydrogen-bond acceptors (Lipinski definition) is 5.